The van der Waals surface area contributed by atoms with E-state index in [1.165, 1.54) is 0 Å². The normalized spacial score (nSPS) is 10.1. The van der Waals surface area contributed by atoms with Crippen molar-refractivity contribution in [1.82, 2.24) is 0 Å². The van der Waals surface area contributed by atoms with Crippen molar-refractivity contribution >= 4 is 11.7 Å². The summed E-state index contributed by atoms with van der Waals surface area (Å²) in [6, 6.07) is 3.62. The summed E-state index contributed by atoms with van der Waals surface area (Å²) in [6.07, 6.45) is 0.241. The molecule has 0 heterocycles. The number of primary amides is 1. The van der Waals surface area contributed by atoms with Crippen LogP contribution in [0.4, 0.5) is 0 Å². The van der Waals surface area contributed by atoms with Crippen LogP contribution < -0.4 is 10.5 Å². The maximum absolute atomic E-state index is 11.9. The molecule has 0 fully saturated rings. The Bertz CT molecular complexity index is 452. The van der Waals surface area contributed by atoms with Gasteiger partial charge in [0.1, 0.15) is 5.75 Å². The molecule has 1 aromatic rings. The van der Waals surface area contributed by atoms with Gasteiger partial charge in [0.2, 0.25) is 5.91 Å². The Morgan fingerprint density at radius 3 is 2.35 bits per heavy atom. The standard InChI is InChI=1S/C13H17NO3/c1-8-7-12(17-3)9(2)6-10(8)11(15)4-5-13(14)16/h6-7H,4-5H2,1-3H3,(H2,14,16). The minimum atomic E-state index is -0.457. The Labute approximate surface area is 101 Å². The monoisotopic (exact) mass is 235 g/mol. The van der Waals surface area contributed by atoms with Crippen molar-refractivity contribution in [3.05, 3.63) is 28.8 Å². The second kappa shape index (κ2) is 5.48. The van der Waals surface area contributed by atoms with Crippen LogP contribution in [-0.2, 0) is 4.79 Å². The van der Waals surface area contributed by atoms with Crippen LogP contribution in [0.5, 0.6) is 5.75 Å². The summed E-state index contributed by atoms with van der Waals surface area (Å²) in [5.74, 6) is 0.238. The van der Waals surface area contributed by atoms with Gasteiger partial charge in [-0.3, -0.25) is 9.59 Å². The Morgan fingerprint density at radius 2 is 1.82 bits per heavy atom. The fourth-order valence-electron chi connectivity index (χ4n) is 1.68. The van der Waals surface area contributed by atoms with Gasteiger partial charge >= 0.3 is 0 Å². The molecular formula is C13H17NO3. The van der Waals surface area contributed by atoms with E-state index in [-0.39, 0.29) is 18.6 Å². The average molecular weight is 235 g/mol. The molecule has 0 aliphatic heterocycles. The van der Waals surface area contributed by atoms with Gasteiger partial charge in [0.25, 0.3) is 0 Å². The highest BCUT2D eigenvalue weighted by atomic mass is 16.5. The number of aryl methyl sites for hydroxylation is 2. The van der Waals surface area contributed by atoms with E-state index in [0.717, 1.165) is 16.9 Å². The topological polar surface area (TPSA) is 69.4 Å². The lowest BCUT2D eigenvalue weighted by Gasteiger charge is -2.10. The highest BCUT2D eigenvalue weighted by Crippen LogP contribution is 2.23. The van der Waals surface area contributed by atoms with Crippen molar-refractivity contribution < 1.29 is 14.3 Å². The number of rotatable bonds is 5. The third-order valence-corrected chi connectivity index (χ3v) is 2.64. The highest BCUT2D eigenvalue weighted by Gasteiger charge is 2.12. The SMILES string of the molecule is COc1cc(C)c(C(=O)CCC(N)=O)cc1C. The van der Waals surface area contributed by atoms with Crippen molar-refractivity contribution in [3.63, 3.8) is 0 Å². The van der Waals surface area contributed by atoms with Crippen LogP contribution in [0.15, 0.2) is 12.1 Å². The van der Waals surface area contributed by atoms with Crippen molar-refractivity contribution in [1.29, 1.82) is 0 Å². The molecule has 1 aromatic carbocycles. The number of carbonyl (C=O) groups excluding carboxylic acids is 2. The van der Waals surface area contributed by atoms with Gasteiger partial charge in [-0.25, -0.2) is 0 Å². The summed E-state index contributed by atoms with van der Waals surface area (Å²) in [6.45, 7) is 3.72. The lowest BCUT2D eigenvalue weighted by molar-refractivity contribution is -0.118. The predicted octanol–water partition coefficient (Wildman–Crippen LogP) is 1.76. The summed E-state index contributed by atoms with van der Waals surface area (Å²) in [7, 11) is 1.59. The molecule has 0 radical (unpaired) electrons. The van der Waals surface area contributed by atoms with Crippen LogP contribution in [-0.4, -0.2) is 18.8 Å². The average Bonchev–Trinajstić information content (AvgIpc) is 2.28. The van der Waals surface area contributed by atoms with Crippen LogP contribution >= 0.6 is 0 Å². The summed E-state index contributed by atoms with van der Waals surface area (Å²) < 4.78 is 5.17. The third-order valence-electron chi connectivity index (χ3n) is 2.64. The van der Waals surface area contributed by atoms with Gasteiger partial charge in [-0.2, -0.15) is 0 Å². The third kappa shape index (κ3) is 3.31. The molecule has 0 aliphatic carbocycles. The molecule has 17 heavy (non-hydrogen) atoms. The van der Waals surface area contributed by atoms with Crippen LogP contribution in [0.2, 0.25) is 0 Å². The lowest BCUT2D eigenvalue weighted by atomic mass is 9.98. The molecule has 4 heteroatoms. The molecule has 0 aliphatic rings. The Hall–Kier alpha value is -1.84. The first-order valence-electron chi connectivity index (χ1n) is 5.42. The van der Waals surface area contributed by atoms with Gasteiger partial charge in [0, 0.05) is 18.4 Å². The highest BCUT2D eigenvalue weighted by molar-refractivity contribution is 5.99. The first kappa shape index (κ1) is 13.2. The number of Topliss-reactive ketones (excluding diaryl/α,β-unsaturated/α-hetero) is 1. The number of carbonyl (C=O) groups is 2. The van der Waals surface area contributed by atoms with Crippen molar-refractivity contribution in [2.75, 3.05) is 7.11 Å². The fraction of sp³-hybridized carbons (Fsp3) is 0.385. The number of hydrogen-bond donors (Lipinski definition) is 1. The largest absolute Gasteiger partial charge is 0.496 e. The summed E-state index contributed by atoms with van der Waals surface area (Å²) in [5, 5.41) is 0. The van der Waals surface area contributed by atoms with Crippen molar-refractivity contribution in [2.24, 2.45) is 5.73 Å². The number of nitrogens with two attached hydrogens (primary N) is 1. The van der Waals surface area contributed by atoms with E-state index >= 15 is 0 Å². The number of ketones is 1. The second-order valence-electron chi connectivity index (χ2n) is 4.03. The van der Waals surface area contributed by atoms with E-state index in [9.17, 15) is 9.59 Å². The molecule has 0 saturated heterocycles. The van der Waals surface area contributed by atoms with E-state index < -0.39 is 5.91 Å². The summed E-state index contributed by atoms with van der Waals surface area (Å²) in [4.78, 5) is 22.5. The minimum Gasteiger partial charge on any atom is -0.496 e. The maximum Gasteiger partial charge on any atom is 0.217 e. The van der Waals surface area contributed by atoms with Crippen molar-refractivity contribution in [3.8, 4) is 5.75 Å². The fourth-order valence-corrected chi connectivity index (χ4v) is 1.68. The Balaban J connectivity index is 2.94. The van der Waals surface area contributed by atoms with E-state index in [1.807, 2.05) is 19.9 Å². The number of ether oxygens (including phenoxy) is 1. The Morgan fingerprint density at radius 1 is 1.18 bits per heavy atom. The predicted molar refractivity (Wildman–Crippen MR) is 65.2 cm³/mol. The van der Waals surface area contributed by atoms with Gasteiger partial charge in [0.05, 0.1) is 7.11 Å². The first-order valence-corrected chi connectivity index (χ1v) is 5.42. The molecule has 4 nitrogen and oxygen atoms in total. The maximum atomic E-state index is 11.9. The quantitative estimate of drug-likeness (QED) is 0.790. The van der Waals surface area contributed by atoms with Gasteiger partial charge in [0.15, 0.2) is 5.78 Å². The van der Waals surface area contributed by atoms with Gasteiger partial charge in [-0.1, -0.05) is 0 Å². The van der Waals surface area contributed by atoms with Crippen LogP contribution in [0.25, 0.3) is 0 Å². The Kier molecular flexibility index (Phi) is 4.26. The molecule has 1 rings (SSSR count). The zero-order valence-corrected chi connectivity index (χ0v) is 10.4. The molecule has 0 spiro atoms. The number of methoxy groups -OCH3 is 1. The van der Waals surface area contributed by atoms with E-state index in [1.54, 1.807) is 13.2 Å². The van der Waals surface area contributed by atoms with Gasteiger partial charge < -0.3 is 10.5 Å². The molecule has 0 aromatic heterocycles. The summed E-state index contributed by atoms with van der Waals surface area (Å²) >= 11 is 0. The van der Waals surface area contributed by atoms with Gasteiger partial charge in [-0.15, -0.1) is 0 Å². The molecule has 92 valence electrons. The van der Waals surface area contributed by atoms with E-state index in [0.29, 0.717) is 5.56 Å². The van der Waals surface area contributed by atoms with Gasteiger partial charge in [-0.05, 0) is 37.1 Å². The second-order valence-corrected chi connectivity index (χ2v) is 4.03. The molecular weight excluding hydrogens is 218 g/mol. The zero-order valence-electron chi connectivity index (χ0n) is 10.4. The number of amides is 1. The molecule has 2 N–H and O–H groups in total. The molecule has 0 saturated carbocycles. The molecule has 0 bridgehead atoms. The smallest absolute Gasteiger partial charge is 0.217 e. The molecule has 0 unspecified atom stereocenters. The number of benzene rings is 1. The summed E-state index contributed by atoms with van der Waals surface area (Å²) in [5.41, 5.74) is 7.40. The zero-order chi connectivity index (χ0) is 13.0. The van der Waals surface area contributed by atoms with Crippen LogP contribution in [0.3, 0.4) is 0 Å². The first-order chi connectivity index (χ1) is 7.95. The van der Waals surface area contributed by atoms with Crippen LogP contribution in [0, 0.1) is 13.8 Å². The van der Waals surface area contributed by atoms with E-state index in [4.69, 9.17) is 10.5 Å². The lowest BCUT2D eigenvalue weighted by Crippen LogP contribution is -2.13. The number of hydrogen-bond acceptors (Lipinski definition) is 3. The molecule has 1 amide bonds. The van der Waals surface area contributed by atoms with Crippen LogP contribution in [0.1, 0.15) is 34.3 Å². The van der Waals surface area contributed by atoms with Crippen molar-refractivity contribution in [2.45, 2.75) is 26.7 Å². The minimum absolute atomic E-state index is 0.0629. The van der Waals surface area contributed by atoms with E-state index in [2.05, 4.69) is 0 Å². The molecule has 0 atom stereocenters.